The zero-order chi connectivity index (χ0) is 15.8. The van der Waals surface area contributed by atoms with Crippen molar-refractivity contribution in [1.29, 1.82) is 0 Å². The number of thiocarbonyl (C=S) groups is 1. The first-order chi connectivity index (χ1) is 10.6. The first-order valence-corrected chi connectivity index (χ1v) is 6.59. The molecule has 0 unspecified atom stereocenters. The molecule has 0 saturated heterocycles. The number of furan rings is 1. The molecule has 0 aliphatic carbocycles. The summed E-state index contributed by atoms with van der Waals surface area (Å²) in [5.41, 5.74) is 5.13. The maximum atomic E-state index is 11.7. The lowest BCUT2D eigenvalue weighted by molar-refractivity contribution is -0.115. The van der Waals surface area contributed by atoms with E-state index in [9.17, 15) is 9.59 Å². The number of nitrogens with zero attached hydrogens (tertiary/aromatic N) is 1. The van der Waals surface area contributed by atoms with Gasteiger partial charge in [0.2, 0.25) is 5.91 Å². The number of rotatable bonds is 3. The number of hydrogen-bond acceptors (Lipinski definition) is 5. The highest BCUT2D eigenvalue weighted by Crippen LogP contribution is 2.01. The summed E-state index contributed by atoms with van der Waals surface area (Å²) in [6.45, 7) is 0. The lowest BCUT2D eigenvalue weighted by atomic mass is 10.3. The van der Waals surface area contributed by atoms with Gasteiger partial charge >= 0.3 is 0 Å². The molecule has 2 aromatic rings. The fourth-order valence-corrected chi connectivity index (χ4v) is 1.56. The molecule has 0 aliphatic heterocycles. The smallest absolute Gasteiger partial charge is 0.271 e. The molecule has 112 valence electrons. The van der Waals surface area contributed by atoms with E-state index in [0.29, 0.717) is 11.3 Å². The van der Waals surface area contributed by atoms with Crippen molar-refractivity contribution in [2.75, 3.05) is 0 Å². The molecule has 2 aromatic heterocycles. The molecule has 8 heteroatoms. The van der Waals surface area contributed by atoms with Gasteiger partial charge in [0.05, 0.1) is 11.8 Å². The summed E-state index contributed by atoms with van der Waals surface area (Å²) in [5, 5.41) is 2.34. The molecule has 0 spiro atoms. The van der Waals surface area contributed by atoms with E-state index in [0.717, 1.165) is 0 Å². The zero-order valence-corrected chi connectivity index (χ0v) is 12.1. The van der Waals surface area contributed by atoms with Gasteiger partial charge in [-0.15, -0.1) is 0 Å². The minimum absolute atomic E-state index is 0.0358. The van der Waals surface area contributed by atoms with Crippen LogP contribution in [0.5, 0.6) is 0 Å². The Balaban J connectivity index is 1.76. The standard InChI is InChI=1S/C14H12N4O3S/c19-12(6-5-11-4-2-8-21-11)16-14(22)18-17-13(20)10-3-1-7-15-9-10/h1-9H,(H,17,20)(H2,16,18,19,22). The Kier molecular flexibility index (Phi) is 5.38. The highest BCUT2D eigenvalue weighted by Gasteiger charge is 2.06. The first-order valence-electron chi connectivity index (χ1n) is 6.18. The fourth-order valence-electron chi connectivity index (χ4n) is 1.41. The van der Waals surface area contributed by atoms with Crippen LogP contribution in [-0.2, 0) is 4.79 Å². The maximum absolute atomic E-state index is 11.7. The molecule has 2 amide bonds. The average Bonchev–Trinajstić information content (AvgIpc) is 3.05. The summed E-state index contributed by atoms with van der Waals surface area (Å²) in [7, 11) is 0. The Morgan fingerprint density at radius 1 is 1.23 bits per heavy atom. The highest BCUT2D eigenvalue weighted by atomic mass is 32.1. The van der Waals surface area contributed by atoms with E-state index >= 15 is 0 Å². The number of carbonyl (C=O) groups excluding carboxylic acids is 2. The zero-order valence-electron chi connectivity index (χ0n) is 11.3. The molecular formula is C14H12N4O3S. The molecule has 0 aliphatic rings. The quantitative estimate of drug-likeness (QED) is 0.444. The molecule has 2 heterocycles. The number of hydrazine groups is 1. The van der Waals surface area contributed by atoms with Crippen molar-refractivity contribution in [3.63, 3.8) is 0 Å². The molecule has 2 rings (SSSR count). The summed E-state index contributed by atoms with van der Waals surface area (Å²) in [4.78, 5) is 27.1. The second-order valence-corrected chi connectivity index (χ2v) is 4.40. The molecule has 3 N–H and O–H groups in total. The van der Waals surface area contributed by atoms with Gasteiger partial charge in [-0.25, -0.2) is 0 Å². The molecule has 0 saturated carbocycles. The maximum Gasteiger partial charge on any atom is 0.271 e. The van der Waals surface area contributed by atoms with Crippen LogP contribution < -0.4 is 16.2 Å². The molecule has 0 atom stereocenters. The van der Waals surface area contributed by atoms with Gasteiger partial charge in [0.25, 0.3) is 5.91 Å². The number of pyridine rings is 1. The molecule has 22 heavy (non-hydrogen) atoms. The van der Waals surface area contributed by atoms with Crippen molar-refractivity contribution in [3.8, 4) is 0 Å². The third-order valence-electron chi connectivity index (χ3n) is 2.39. The Morgan fingerprint density at radius 2 is 2.09 bits per heavy atom. The Hall–Kier alpha value is -3.00. The Morgan fingerprint density at radius 3 is 2.77 bits per heavy atom. The van der Waals surface area contributed by atoms with E-state index in [1.807, 2.05) is 0 Å². The fraction of sp³-hybridized carbons (Fsp3) is 0. The predicted molar refractivity (Wildman–Crippen MR) is 83.3 cm³/mol. The largest absolute Gasteiger partial charge is 0.465 e. The van der Waals surface area contributed by atoms with Crippen molar-refractivity contribution < 1.29 is 14.0 Å². The Bertz CT molecular complexity index is 683. The van der Waals surface area contributed by atoms with E-state index in [1.165, 1.54) is 24.6 Å². The number of hydrogen-bond donors (Lipinski definition) is 3. The molecule has 7 nitrogen and oxygen atoms in total. The number of carbonyl (C=O) groups is 2. The van der Waals surface area contributed by atoms with Gasteiger partial charge in [-0.05, 0) is 42.6 Å². The van der Waals surface area contributed by atoms with Crippen LogP contribution in [0.3, 0.4) is 0 Å². The topological polar surface area (TPSA) is 96.3 Å². The minimum atomic E-state index is -0.454. The summed E-state index contributed by atoms with van der Waals surface area (Å²) < 4.78 is 5.04. The third kappa shape index (κ3) is 4.84. The van der Waals surface area contributed by atoms with Crippen molar-refractivity contribution >= 4 is 35.2 Å². The minimum Gasteiger partial charge on any atom is -0.465 e. The van der Waals surface area contributed by atoms with Crippen molar-refractivity contribution in [1.82, 2.24) is 21.2 Å². The summed E-state index contributed by atoms with van der Waals surface area (Å²) in [6, 6.07) is 6.64. The molecular weight excluding hydrogens is 304 g/mol. The van der Waals surface area contributed by atoms with Crippen LogP contribution in [0.1, 0.15) is 16.1 Å². The highest BCUT2D eigenvalue weighted by molar-refractivity contribution is 7.80. The van der Waals surface area contributed by atoms with Gasteiger partial charge in [-0.3, -0.25) is 30.7 Å². The van der Waals surface area contributed by atoms with Gasteiger partial charge < -0.3 is 4.42 Å². The SMILES string of the molecule is O=C(C=Cc1ccco1)NC(=S)NNC(=O)c1cccnc1. The van der Waals surface area contributed by atoms with Crippen LogP contribution in [0.25, 0.3) is 6.08 Å². The second kappa shape index (κ2) is 7.70. The number of amides is 2. The van der Waals surface area contributed by atoms with Crippen LogP contribution in [0.15, 0.2) is 53.4 Å². The van der Waals surface area contributed by atoms with Crippen LogP contribution in [-0.4, -0.2) is 21.9 Å². The van der Waals surface area contributed by atoms with Crippen molar-refractivity contribution in [2.45, 2.75) is 0 Å². The lowest BCUT2D eigenvalue weighted by Gasteiger charge is -2.09. The summed E-state index contributed by atoms with van der Waals surface area (Å²) in [5.74, 6) is -0.334. The monoisotopic (exact) mass is 316 g/mol. The first kappa shape index (κ1) is 15.4. The van der Waals surface area contributed by atoms with Crippen molar-refractivity contribution in [3.05, 3.63) is 60.3 Å². The van der Waals surface area contributed by atoms with Crippen LogP contribution in [0, 0.1) is 0 Å². The molecule has 0 aromatic carbocycles. The van der Waals surface area contributed by atoms with Gasteiger partial charge in [0.15, 0.2) is 5.11 Å². The van der Waals surface area contributed by atoms with E-state index in [4.69, 9.17) is 16.6 Å². The van der Waals surface area contributed by atoms with E-state index in [1.54, 1.807) is 30.5 Å². The van der Waals surface area contributed by atoms with Gasteiger partial charge in [-0.1, -0.05) is 0 Å². The summed E-state index contributed by atoms with van der Waals surface area (Å²) in [6.07, 6.45) is 7.21. The third-order valence-corrected chi connectivity index (χ3v) is 2.60. The second-order valence-electron chi connectivity index (χ2n) is 3.99. The van der Waals surface area contributed by atoms with E-state index < -0.39 is 11.8 Å². The molecule has 0 fully saturated rings. The molecule has 0 radical (unpaired) electrons. The van der Waals surface area contributed by atoms with Crippen LogP contribution in [0.4, 0.5) is 0 Å². The summed E-state index contributed by atoms with van der Waals surface area (Å²) >= 11 is 4.88. The lowest BCUT2D eigenvalue weighted by Crippen LogP contribution is -2.48. The van der Waals surface area contributed by atoms with Crippen molar-refractivity contribution in [2.24, 2.45) is 0 Å². The predicted octanol–water partition coefficient (Wildman–Crippen LogP) is 1.02. The van der Waals surface area contributed by atoms with Crippen LogP contribution in [0.2, 0.25) is 0 Å². The van der Waals surface area contributed by atoms with Crippen LogP contribution >= 0.6 is 12.2 Å². The van der Waals surface area contributed by atoms with E-state index in [2.05, 4.69) is 21.2 Å². The number of aromatic nitrogens is 1. The number of nitrogens with one attached hydrogen (secondary N) is 3. The van der Waals surface area contributed by atoms with Gasteiger partial charge in [0.1, 0.15) is 5.76 Å². The average molecular weight is 316 g/mol. The normalized spacial score (nSPS) is 10.2. The Labute approximate surface area is 131 Å². The van der Waals surface area contributed by atoms with Gasteiger partial charge in [-0.2, -0.15) is 0 Å². The molecule has 0 bridgehead atoms. The van der Waals surface area contributed by atoms with Gasteiger partial charge in [0, 0.05) is 18.5 Å². The van der Waals surface area contributed by atoms with E-state index in [-0.39, 0.29) is 5.11 Å².